The van der Waals surface area contributed by atoms with Crippen LogP contribution in [-0.4, -0.2) is 56.7 Å². The number of benzene rings is 2. The maximum atomic E-state index is 10.2. The van der Waals surface area contributed by atoms with Crippen molar-refractivity contribution in [2.75, 3.05) is 6.61 Å². The average Bonchev–Trinajstić information content (AvgIpc) is 2.87. The molecule has 0 aromatic heterocycles. The van der Waals surface area contributed by atoms with Crippen LogP contribution >= 0.6 is 0 Å². The van der Waals surface area contributed by atoms with Crippen molar-refractivity contribution >= 4 is 31.5 Å². The molecule has 18 heteroatoms. The van der Waals surface area contributed by atoms with Gasteiger partial charge in [-0.25, -0.2) is 8.42 Å². The van der Waals surface area contributed by atoms with Crippen LogP contribution in [0.1, 0.15) is 77.6 Å². The van der Waals surface area contributed by atoms with Gasteiger partial charge in [0.05, 0.1) is 6.10 Å². The first-order valence-electron chi connectivity index (χ1n) is 13.4. The van der Waals surface area contributed by atoms with E-state index in [2.05, 4.69) is 49.4 Å². The number of aliphatic hydroxyl groups is 1. The van der Waals surface area contributed by atoms with E-state index in [4.69, 9.17) is 43.6 Å². The van der Waals surface area contributed by atoms with Crippen LogP contribution < -0.4 is 25.9 Å². The molecule has 0 radical (unpaired) electrons. The van der Waals surface area contributed by atoms with E-state index in [1.807, 2.05) is 12.1 Å². The van der Waals surface area contributed by atoms with Crippen LogP contribution in [0.15, 0.2) is 54.6 Å². The van der Waals surface area contributed by atoms with Gasteiger partial charge in [-0.15, -0.1) is 3.89 Å². The Morgan fingerprint density at radius 2 is 1.07 bits per heavy atom. The summed E-state index contributed by atoms with van der Waals surface area (Å²) < 4.78 is 112. The Bertz CT molecular complexity index is 1200. The molecule has 1 unspecified atom stereocenters. The zero-order chi connectivity index (χ0) is 34.1. The molecule has 11 nitrogen and oxygen atoms in total. The first-order valence-corrected chi connectivity index (χ1v) is 19.5. The highest BCUT2D eigenvalue weighted by atomic mass is 127. The minimum atomic E-state index is -5.42. The van der Waals surface area contributed by atoms with Crippen molar-refractivity contribution in [2.45, 2.75) is 83.7 Å². The highest BCUT2D eigenvalue weighted by molar-refractivity contribution is 7.80. The fraction of sp³-hybridized carbons (Fsp3) is 0.538. The van der Waals surface area contributed by atoms with Gasteiger partial charge in [0.2, 0.25) is 0 Å². The van der Waals surface area contributed by atoms with Gasteiger partial charge >= 0.3 is 42.2 Å². The summed E-state index contributed by atoms with van der Waals surface area (Å²) in [7, 11) is -15.7. The third kappa shape index (κ3) is 44.9. The molecule has 0 aliphatic rings. The molecule has 0 bridgehead atoms. The number of halogens is 4. The second-order valence-corrected chi connectivity index (χ2v) is 14.5. The molecule has 0 saturated carbocycles. The van der Waals surface area contributed by atoms with Crippen molar-refractivity contribution in [2.24, 2.45) is 0 Å². The number of rotatable bonds is 16. The third-order valence-corrected chi connectivity index (χ3v) is 7.78. The fourth-order valence-corrected chi connectivity index (χ4v) is 5.55. The van der Waals surface area contributed by atoms with Crippen LogP contribution in [0.3, 0.4) is 0 Å². The highest BCUT2D eigenvalue weighted by Crippen LogP contribution is 2.13. The lowest BCUT2D eigenvalue weighted by molar-refractivity contribution is -0.597. The summed E-state index contributed by atoms with van der Waals surface area (Å²) >= 11 is -0.131. The summed E-state index contributed by atoms with van der Waals surface area (Å²) in [5.41, 5.74) is 0. The quantitative estimate of drug-likeness (QED) is 0.0977. The molecule has 0 fully saturated rings. The lowest BCUT2D eigenvalue weighted by Crippen LogP contribution is -3.61. The van der Waals surface area contributed by atoms with Crippen LogP contribution in [0.4, 0.5) is 11.7 Å². The number of hydrogen-bond donors (Lipinski definition) is 3. The van der Waals surface area contributed by atoms with E-state index in [-0.39, 0.29) is 27.3 Å². The standard InChI is InChI=1S/C26H38IO2.3FHO3S/c1-2-3-4-5-6-7-8-9-10-14-17-25(28)22-29-26-20-18-24(19-21-26)27-23-15-12-11-13-16-23;3*1-5(2,3)4/h11-13,15-16,18-21,25,28H,2-10,14,17,22H2,1H3;3*(H,2,3,4)/q+1;;;/p-1. The molecule has 0 aliphatic heterocycles. The summed E-state index contributed by atoms with van der Waals surface area (Å²) in [6.07, 6.45) is 13.7. The lowest BCUT2D eigenvalue weighted by Gasteiger charge is -2.12. The van der Waals surface area contributed by atoms with Crippen molar-refractivity contribution < 1.29 is 81.6 Å². The molecule has 3 N–H and O–H groups in total. The van der Waals surface area contributed by atoms with Gasteiger partial charge < -0.3 is 14.4 Å². The van der Waals surface area contributed by atoms with E-state index in [1.54, 1.807) is 0 Å². The smallest absolute Gasteiger partial charge is 0.435 e. The van der Waals surface area contributed by atoms with Gasteiger partial charge in [-0.3, -0.25) is 9.11 Å². The van der Waals surface area contributed by atoms with Gasteiger partial charge in [0.25, 0.3) is 10.5 Å². The minimum absolute atomic E-state index is 0.131. The molecule has 0 amide bonds. The Labute approximate surface area is 269 Å². The van der Waals surface area contributed by atoms with Gasteiger partial charge in [-0.05, 0) is 42.8 Å². The van der Waals surface area contributed by atoms with Crippen molar-refractivity contribution in [3.8, 4) is 5.75 Å². The second kappa shape index (κ2) is 25.6. The SMILES string of the molecule is CCCCCCCCCCCCC(O)COc1ccc([I+]c2ccccc2)cc1.O=S(=O)(O)F.O=S(=O)(O)F.O=S(=O)([O-])F. The van der Waals surface area contributed by atoms with Gasteiger partial charge in [0.1, 0.15) is 12.4 Å². The Morgan fingerprint density at radius 1 is 0.705 bits per heavy atom. The summed E-state index contributed by atoms with van der Waals surface area (Å²) in [6.45, 7) is 2.66. The van der Waals surface area contributed by atoms with Crippen molar-refractivity contribution in [1.82, 2.24) is 0 Å². The summed E-state index contributed by atoms with van der Waals surface area (Å²) in [6, 6.07) is 19.0. The Kier molecular flexibility index (Phi) is 26.0. The normalized spacial score (nSPS) is 11.9. The van der Waals surface area contributed by atoms with E-state index in [0.29, 0.717) is 6.61 Å². The van der Waals surface area contributed by atoms with Crippen LogP contribution in [0, 0.1) is 7.14 Å². The highest BCUT2D eigenvalue weighted by Gasteiger charge is 2.14. The van der Waals surface area contributed by atoms with Gasteiger partial charge in [0, 0.05) is 0 Å². The molecule has 2 aromatic carbocycles. The first kappa shape index (κ1) is 44.6. The molecule has 2 aromatic rings. The van der Waals surface area contributed by atoms with Crippen molar-refractivity contribution in [3.63, 3.8) is 0 Å². The molecule has 0 aliphatic carbocycles. The maximum Gasteiger partial charge on any atom is 0.435 e. The Morgan fingerprint density at radius 3 is 1.48 bits per heavy atom. The molecule has 1 atom stereocenters. The molecular formula is C26H40F3IO11S3. The number of aliphatic hydroxyl groups excluding tert-OH is 1. The zero-order valence-electron chi connectivity index (χ0n) is 24.1. The molecular weight excluding hydrogens is 768 g/mol. The third-order valence-electron chi connectivity index (χ3n) is 5.10. The van der Waals surface area contributed by atoms with Crippen LogP contribution in [0.25, 0.3) is 0 Å². The topological polar surface area (TPSA) is 195 Å². The van der Waals surface area contributed by atoms with E-state index in [0.717, 1.165) is 18.6 Å². The molecule has 0 heterocycles. The first-order chi connectivity index (χ1) is 20.3. The Balaban J connectivity index is 0. The Hall–Kier alpha value is -1.55. The second-order valence-electron chi connectivity index (χ2n) is 9.00. The van der Waals surface area contributed by atoms with E-state index >= 15 is 0 Å². The average molecular weight is 809 g/mol. The van der Waals surface area contributed by atoms with E-state index in [1.165, 1.54) is 64.9 Å². The summed E-state index contributed by atoms with van der Waals surface area (Å²) in [5, 5.41) is 10.2. The molecule has 0 spiro atoms. The lowest BCUT2D eigenvalue weighted by atomic mass is 10.0. The van der Waals surface area contributed by atoms with Crippen LogP contribution in [-0.2, 0) is 31.5 Å². The molecule has 0 saturated heterocycles. The molecule has 2 rings (SSSR count). The predicted octanol–water partition coefficient (Wildman–Crippen LogP) is 2.80. The van der Waals surface area contributed by atoms with Gasteiger partial charge in [-0.2, -0.15) is 16.8 Å². The van der Waals surface area contributed by atoms with Gasteiger partial charge in [0.15, 0.2) is 7.14 Å². The fourth-order valence-electron chi connectivity index (χ4n) is 3.34. The number of hydrogen-bond acceptors (Lipinski definition) is 9. The molecule has 256 valence electrons. The van der Waals surface area contributed by atoms with Crippen LogP contribution in [0.5, 0.6) is 5.75 Å². The van der Waals surface area contributed by atoms with Crippen LogP contribution in [0.2, 0.25) is 0 Å². The number of ether oxygens (including phenoxy) is 1. The van der Waals surface area contributed by atoms with Gasteiger partial charge in [-0.1, -0.05) is 97.1 Å². The largest absolute Gasteiger partial charge is 0.722 e. The monoisotopic (exact) mass is 808 g/mol. The summed E-state index contributed by atoms with van der Waals surface area (Å²) in [4.78, 5) is 0. The van der Waals surface area contributed by atoms with E-state index < -0.39 is 31.5 Å². The summed E-state index contributed by atoms with van der Waals surface area (Å²) in [5.74, 6) is 0.855. The predicted molar refractivity (Wildman–Crippen MR) is 154 cm³/mol. The zero-order valence-corrected chi connectivity index (χ0v) is 28.7. The van der Waals surface area contributed by atoms with Crippen molar-refractivity contribution in [3.05, 3.63) is 61.7 Å². The maximum absolute atomic E-state index is 10.2. The number of unbranched alkanes of at least 4 members (excludes halogenated alkanes) is 9. The van der Waals surface area contributed by atoms with Crippen molar-refractivity contribution in [1.29, 1.82) is 0 Å². The molecule has 44 heavy (non-hydrogen) atoms. The minimum Gasteiger partial charge on any atom is -0.722 e. The van der Waals surface area contributed by atoms with E-state index in [9.17, 15) is 16.8 Å².